The molecule has 0 aliphatic rings. The summed E-state index contributed by atoms with van der Waals surface area (Å²) >= 11 is 0. The third-order valence-electron chi connectivity index (χ3n) is 4.54. The molecule has 0 amide bonds. The number of aliphatic hydroxyl groups is 1. The average Bonchev–Trinajstić information content (AvgIpc) is 2.82. The molecule has 9 heteroatoms. The van der Waals surface area contributed by atoms with Gasteiger partial charge in [0, 0.05) is 24.3 Å². The van der Waals surface area contributed by atoms with Crippen molar-refractivity contribution in [1.82, 2.24) is 0 Å². The van der Waals surface area contributed by atoms with E-state index in [1.807, 2.05) is 0 Å². The predicted octanol–water partition coefficient (Wildman–Crippen LogP) is 3.34. The van der Waals surface area contributed by atoms with E-state index in [2.05, 4.69) is 0 Å². The fourth-order valence-electron chi connectivity index (χ4n) is 3.04. The van der Waals surface area contributed by atoms with Gasteiger partial charge in [-0.25, -0.2) is 4.79 Å². The Hall–Kier alpha value is -3.75. The molecule has 0 spiro atoms. The van der Waals surface area contributed by atoms with Gasteiger partial charge in [-0.2, -0.15) is 0 Å². The monoisotopic (exact) mass is 434 g/mol. The zero-order valence-electron chi connectivity index (χ0n) is 18.5. The van der Waals surface area contributed by atoms with Gasteiger partial charge in [-0.15, -0.1) is 0 Å². The Labute approximate surface area is 180 Å². The molecule has 0 radical (unpaired) electrons. The highest BCUT2D eigenvalue weighted by molar-refractivity contribution is 6.25. The lowest BCUT2D eigenvalue weighted by Gasteiger charge is -2.20. The molecule has 168 valence electrons. The van der Waals surface area contributed by atoms with Gasteiger partial charge in [-0.3, -0.25) is 0 Å². The molecule has 0 aromatic heterocycles. The van der Waals surface area contributed by atoms with Gasteiger partial charge in [-0.05, 0) is 0 Å². The highest BCUT2D eigenvalue weighted by Gasteiger charge is 2.30. The molecule has 0 saturated carbocycles. The van der Waals surface area contributed by atoms with Crippen molar-refractivity contribution in [3.8, 4) is 34.5 Å². The highest BCUT2D eigenvalue weighted by atomic mass is 16.5. The highest BCUT2D eigenvalue weighted by Crippen LogP contribution is 2.45. The second-order valence-electron chi connectivity index (χ2n) is 6.03. The van der Waals surface area contributed by atoms with Crippen LogP contribution in [0.25, 0.3) is 11.3 Å². The summed E-state index contributed by atoms with van der Waals surface area (Å²) in [6, 6.07) is 6.20. The molecule has 2 aromatic rings. The molecule has 0 bridgehead atoms. The van der Waals surface area contributed by atoms with E-state index in [-0.39, 0.29) is 39.7 Å². The van der Waals surface area contributed by atoms with Crippen LogP contribution in [0.1, 0.15) is 11.1 Å². The van der Waals surface area contributed by atoms with Crippen LogP contribution in [-0.4, -0.2) is 60.8 Å². The summed E-state index contributed by atoms with van der Waals surface area (Å²) in [6.45, 7) is 0. The zero-order valence-corrected chi connectivity index (χ0v) is 18.5. The van der Waals surface area contributed by atoms with Gasteiger partial charge in [0.2, 0.25) is 0 Å². The molecule has 0 atom stereocenters. The number of methoxy groups -OCH3 is 7. The van der Waals surface area contributed by atoms with Gasteiger partial charge in [0.15, 0.2) is 0 Å². The maximum absolute atomic E-state index is 12.9. The molecule has 9 nitrogen and oxygen atoms in total. The normalized spacial score (nSPS) is 11.2. The van der Waals surface area contributed by atoms with Crippen LogP contribution < -0.4 is 28.4 Å². The first-order valence-electron chi connectivity index (χ1n) is 9.02. The van der Waals surface area contributed by atoms with Crippen LogP contribution >= 0.6 is 0 Å². The Kier molecular flexibility index (Phi) is 7.84. The lowest BCUT2D eigenvalue weighted by molar-refractivity contribution is -0.133. The van der Waals surface area contributed by atoms with E-state index in [1.165, 1.54) is 49.8 Å². The van der Waals surface area contributed by atoms with E-state index in [0.717, 1.165) is 0 Å². The standard InChI is InChI=1S/C22H26O9/c1-25-12-8-14(27-3)18(15(9-12)28-4)20(22(24)31-7)21(23)19-16(29-5)10-13(26-2)11-17(19)30-6/h8-11,23H,1-7H3/b21-20+. The van der Waals surface area contributed by atoms with Gasteiger partial charge in [-0.1, -0.05) is 0 Å². The van der Waals surface area contributed by atoms with E-state index in [0.29, 0.717) is 11.5 Å². The number of hydrogen-bond donors (Lipinski definition) is 1. The van der Waals surface area contributed by atoms with Crippen molar-refractivity contribution in [2.75, 3.05) is 49.8 Å². The molecule has 2 rings (SSSR count). The molecule has 1 N–H and O–H groups in total. The van der Waals surface area contributed by atoms with Crippen LogP contribution in [-0.2, 0) is 9.53 Å². The van der Waals surface area contributed by atoms with Crippen LogP contribution in [0.4, 0.5) is 0 Å². The van der Waals surface area contributed by atoms with E-state index in [9.17, 15) is 9.90 Å². The van der Waals surface area contributed by atoms with Gasteiger partial charge in [0.25, 0.3) is 0 Å². The lowest BCUT2D eigenvalue weighted by atomic mass is 9.97. The Bertz CT molecular complexity index is 929. The molecule has 0 aliphatic carbocycles. The number of benzene rings is 2. The van der Waals surface area contributed by atoms with Crippen LogP contribution in [0.15, 0.2) is 24.3 Å². The maximum Gasteiger partial charge on any atom is 0.342 e. The molecule has 0 heterocycles. The zero-order chi connectivity index (χ0) is 23.1. The molecule has 0 fully saturated rings. The van der Waals surface area contributed by atoms with Crippen LogP contribution in [0, 0.1) is 0 Å². The van der Waals surface area contributed by atoms with Crippen molar-refractivity contribution in [3.05, 3.63) is 35.4 Å². The average molecular weight is 434 g/mol. The van der Waals surface area contributed by atoms with Gasteiger partial charge in [0.05, 0.1) is 55.3 Å². The SMILES string of the molecule is COC(=O)/C(=C(/O)c1c(OC)cc(OC)cc1OC)c1c(OC)cc(OC)cc1OC. The quantitative estimate of drug-likeness (QED) is 0.275. The summed E-state index contributed by atoms with van der Waals surface area (Å²) in [7, 11) is 9.82. The summed E-state index contributed by atoms with van der Waals surface area (Å²) in [6.07, 6.45) is 0. The van der Waals surface area contributed by atoms with E-state index >= 15 is 0 Å². The fraction of sp³-hybridized carbons (Fsp3) is 0.318. The van der Waals surface area contributed by atoms with Crippen molar-refractivity contribution in [3.63, 3.8) is 0 Å². The van der Waals surface area contributed by atoms with Crippen molar-refractivity contribution in [1.29, 1.82) is 0 Å². The van der Waals surface area contributed by atoms with Gasteiger partial charge >= 0.3 is 5.97 Å². The second-order valence-corrected chi connectivity index (χ2v) is 6.03. The minimum Gasteiger partial charge on any atom is -0.506 e. The van der Waals surface area contributed by atoms with Crippen LogP contribution in [0.5, 0.6) is 34.5 Å². The van der Waals surface area contributed by atoms with Crippen LogP contribution in [0.3, 0.4) is 0 Å². The number of esters is 1. The number of aliphatic hydroxyl groups excluding tert-OH is 1. The molecule has 0 saturated heterocycles. The molecule has 31 heavy (non-hydrogen) atoms. The first-order valence-corrected chi connectivity index (χ1v) is 9.02. The minimum absolute atomic E-state index is 0.117. The maximum atomic E-state index is 12.9. The van der Waals surface area contributed by atoms with Crippen molar-refractivity contribution in [2.45, 2.75) is 0 Å². The summed E-state index contributed by atoms with van der Waals surface area (Å²) < 4.78 is 37.2. The number of ether oxygens (including phenoxy) is 7. The number of carbonyl (C=O) groups excluding carboxylic acids is 1. The van der Waals surface area contributed by atoms with Crippen molar-refractivity contribution in [2.24, 2.45) is 0 Å². The fourth-order valence-corrected chi connectivity index (χ4v) is 3.04. The third-order valence-corrected chi connectivity index (χ3v) is 4.54. The van der Waals surface area contributed by atoms with Gasteiger partial charge < -0.3 is 38.3 Å². The van der Waals surface area contributed by atoms with Crippen molar-refractivity contribution >= 4 is 17.3 Å². The predicted molar refractivity (Wildman–Crippen MR) is 114 cm³/mol. The Morgan fingerprint density at radius 1 is 0.613 bits per heavy atom. The topological polar surface area (TPSA) is 102 Å². The van der Waals surface area contributed by atoms with E-state index < -0.39 is 11.7 Å². The number of hydrogen-bond acceptors (Lipinski definition) is 9. The molecule has 0 aliphatic heterocycles. The Morgan fingerprint density at radius 2 is 0.968 bits per heavy atom. The first kappa shape index (κ1) is 23.5. The molecule has 2 aromatic carbocycles. The summed E-state index contributed by atoms with van der Waals surface area (Å²) in [4.78, 5) is 12.9. The number of carbonyl (C=O) groups is 1. The minimum atomic E-state index is -0.834. The number of rotatable bonds is 9. The molecular formula is C22H26O9. The first-order chi connectivity index (χ1) is 14.9. The Morgan fingerprint density at radius 3 is 1.26 bits per heavy atom. The summed E-state index contributed by atoms with van der Waals surface area (Å²) in [5, 5.41) is 11.3. The lowest BCUT2D eigenvalue weighted by Crippen LogP contribution is -2.11. The second kappa shape index (κ2) is 10.3. The third kappa shape index (κ3) is 4.55. The van der Waals surface area contributed by atoms with E-state index in [1.54, 1.807) is 24.3 Å². The van der Waals surface area contributed by atoms with Gasteiger partial charge in [0.1, 0.15) is 51.4 Å². The molecule has 0 unspecified atom stereocenters. The van der Waals surface area contributed by atoms with Crippen LogP contribution in [0.2, 0.25) is 0 Å². The Balaban J connectivity index is 2.99. The summed E-state index contributed by atoms with van der Waals surface area (Å²) in [5.74, 6) is 0.418. The summed E-state index contributed by atoms with van der Waals surface area (Å²) in [5.41, 5.74) is 0.0572. The largest absolute Gasteiger partial charge is 0.506 e. The van der Waals surface area contributed by atoms with Crippen molar-refractivity contribution < 1.29 is 43.1 Å². The smallest absolute Gasteiger partial charge is 0.342 e. The molecular weight excluding hydrogens is 408 g/mol. The van der Waals surface area contributed by atoms with E-state index in [4.69, 9.17) is 33.2 Å².